The minimum atomic E-state index is -0.485. The molecule has 0 unspecified atom stereocenters. The molecule has 3 amide bonds. The molecule has 3 aromatic rings. The molecule has 1 heterocycles. The highest BCUT2D eigenvalue weighted by Gasteiger charge is 2.15. The Bertz CT molecular complexity index is 1050. The topological polar surface area (TPSA) is 78.5 Å². The molecular weight excluding hydrogens is 405 g/mol. The number of carbonyl (C=O) groups excluding carboxylic acids is 3. The van der Waals surface area contributed by atoms with Crippen molar-refractivity contribution in [2.24, 2.45) is 0 Å². The monoisotopic (exact) mass is 425 g/mol. The lowest BCUT2D eigenvalue weighted by Crippen LogP contribution is -2.37. The molecule has 2 aromatic carbocycles. The first-order valence-corrected chi connectivity index (χ1v) is 10.0. The number of halogens is 1. The third-order valence-electron chi connectivity index (χ3n) is 4.22. The van der Waals surface area contributed by atoms with Crippen LogP contribution in [0.3, 0.4) is 0 Å². The van der Waals surface area contributed by atoms with Gasteiger partial charge in [-0.15, -0.1) is 11.3 Å². The summed E-state index contributed by atoms with van der Waals surface area (Å²) in [6.45, 7) is 0.177. The minimum Gasteiger partial charge on any atom is -0.350 e. The fourth-order valence-corrected chi connectivity index (χ4v) is 3.44. The number of anilines is 1. The second kappa shape index (κ2) is 9.80. The highest BCUT2D eigenvalue weighted by molar-refractivity contribution is 7.12. The predicted octanol–water partition coefficient (Wildman–Crippen LogP) is 3.53. The van der Waals surface area contributed by atoms with Crippen molar-refractivity contribution < 1.29 is 18.8 Å². The average Bonchev–Trinajstić information content (AvgIpc) is 3.27. The molecule has 3 rings (SSSR count). The summed E-state index contributed by atoms with van der Waals surface area (Å²) < 4.78 is 13.3. The van der Waals surface area contributed by atoms with Crippen LogP contribution in [0.2, 0.25) is 0 Å². The van der Waals surface area contributed by atoms with Crippen molar-refractivity contribution in [3.05, 3.63) is 87.9 Å². The number of amides is 3. The van der Waals surface area contributed by atoms with Gasteiger partial charge < -0.3 is 15.5 Å². The second-order valence-corrected chi connectivity index (χ2v) is 7.53. The maximum atomic E-state index is 13.3. The van der Waals surface area contributed by atoms with Crippen LogP contribution in [0, 0.1) is 5.82 Å². The SMILES string of the molecule is CN(CC(=O)NCc1cccc(NC(=O)c2cccc(F)c2)c1)C(=O)c1cccs1. The molecule has 0 aliphatic heterocycles. The first-order valence-electron chi connectivity index (χ1n) is 9.14. The van der Waals surface area contributed by atoms with Crippen LogP contribution in [-0.4, -0.2) is 36.2 Å². The number of nitrogens with zero attached hydrogens (tertiary/aromatic N) is 1. The first kappa shape index (κ1) is 21.2. The summed E-state index contributed by atoms with van der Waals surface area (Å²) in [5, 5.41) is 7.27. The number of benzene rings is 2. The molecule has 30 heavy (non-hydrogen) atoms. The number of hydrogen-bond acceptors (Lipinski definition) is 4. The van der Waals surface area contributed by atoms with Gasteiger partial charge in [0.1, 0.15) is 5.82 Å². The van der Waals surface area contributed by atoms with Crippen LogP contribution in [-0.2, 0) is 11.3 Å². The molecule has 0 spiro atoms. The summed E-state index contributed by atoms with van der Waals surface area (Å²) in [4.78, 5) is 38.5. The lowest BCUT2D eigenvalue weighted by atomic mass is 10.1. The van der Waals surface area contributed by atoms with Crippen molar-refractivity contribution >= 4 is 34.7 Å². The standard InChI is InChI=1S/C22H20FN3O3S/c1-26(22(29)19-9-4-10-30-19)14-20(27)24-13-15-5-2-8-18(11-15)25-21(28)16-6-3-7-17(23)12-16/h2-12H,13-14H2,1H3,(H,24,27)(H,25,28). The summed E-state index contributed by atoms with van der Waals surface area (Å²) in [6.07, 6.45) is 0. The maximum absolute atomic E-state index is 13.3. The van der Waals surface area contributed by atoms with E-state index in [1.807, 2.05) is 0 Å². The van der Waals surface area contributed by atoms with E-state index in [-0.39, 0.29) is 30.5 Å². The Morgan fingerprint density at radius 1 is 1.03 bits per heavy atom. The van der Waals surface area contributed by atoms with E-state index in [1.54, 1.807) is 48.8 Å². The molecule has 0 radical (unpaired) electrons. The van der Waals surface area contributed by atoms with Crippen LogP contribution in [0.1, 0.15) is 25.6 Å². The molecule has 2 N–H and O–H groups in total. The number of nitrogens with one attached hydrogen (secondary N) is 2. The normalized spacial score (nSPS) is 10.3. The minimum absolute atomic E-state index is 0.0628. The zero-order valence-corrected chi connectivity index (χ0v) is 17.0. The zero-order chi connectivity index (χ0) is 21.5. The first-order chi connectivity index (χ1) is 14.4. The highest BCUT2D eigenvalue weighted by atomic mass is 32.1. The molecule has 0 atom stereocenters. The Balaban J connectivity index is 1.53. The zero-order valence-electron chi connectivity index (χ0n) is 16.2. The van der Waals surface area contributed by atoms with Gasteiger partial charge in [-0.3, -0.25) is 14.4 Å². The van der Waals surface area contributed by atoms with Gasteiger partial charge in [0.05, 0.1) is 11.4 Å². The van der Waals surface area contributed by atoms with E-state index >= 15 is 0 Å². The van der Waals surface area contributed by atoms with Crippen molar-refractivity contribution in [3.63, 3.8) is 0 Å². The van der Waals surface area contributed by atoms with Crippen LogP contribution in [0.25, 0.3) is 0 Å². The molecule has 0 aliphatic carbocycles. The molecule has 1 aromatic heterocycles. The van der Waals surface area contributed by atoms with E-state index in [9.17, 15) is 18.8 Å². The number of rotatable bonds is 7. The van der Waals surface area contributed by atoms with Crippen LogP contribution in [0.15, 0.2) is 66.0 Å². The summed E-state index contributed by atoms with van der Waals surface area (Å²) >= 11 is 1.32. The molecule has 0 saturated carbocycles. The Morgan fingerprint density at radius 2 is 1.83 bits per heavy atom. The van der Waals surface area contributed by atoms with Crippen molar-refractivity contribution in [2.45, 2.75) is 6.54 Å². The molecule has 154 valence electrons. The van der Waals surface area contributed by atoms with Gasteiger partial charge in [0.15, 0.2) is 0 Å². The molecule has 0 fully saturated rings. The molecule has 0 bridgehead atoms. The van der Waals surface area contributed by atoms with E-state index < -0.39 is 11.7 Å². The Labute approximate surface area is 177 Å². The predicted molar refractivity (Wildman–Crippen MR) is 114 cm³/mol. The van der Waals surface area contributed by atoms with Gasteiger partial charge in [0.2, 0.25) is 5.91 Å². The number of likely N-dealkylation sites (N-methyl/N-ethyl adjacent to an activating group) is 1. The third kappa shape index (κ3) is 5.74. The summed E-state index contributed by atoms with van der Waals surface area (Å²) in [6, 6.07) is 15.9. The van der Waals surface area contributed by atoms with Crippen molar-refractivity contribution in [1.29, 1.82) is 0 Å². The van der Waals surface area contributed by atoms with Gasteiger partial charge in [-0.1, -0.05) is 24.3 Å². The van der Waals surface area contributed by atoms with Gasteiger partial charge >= 0.3 is 0 Å². The van der Waals surface area contributed by atoms with Crippen LogP contribution < -0.4 is 10.6 Å². The molecule has 0 aliphatic rings. The second-order valence-electron chi connectivity index (χ2n) is 6.58. The van der Waals surface area contributed by atoms with Gasteiger partial charge in [-0.2, -0.15) is 0 Å². The fourth-order valence-electron chi connectivity index (χ4n) is 2.72. The van der Waals surface area contributed by atoms with Crippen molar-refractivity contribution in [1.82, 2.24) is 10.2 Å². The lowest BCUT2D eigenvalue weighted by Gasteiger charge is -2.16. The van der Waals surface area contributed by atoms with Gasteiger partial charge in [-0.05, 0) is 47.3 Å². The van der Waals surface area contributed by atoms with Gasteiger partial charge in [0, 0.05) is 24.8 Å². The number of thiophene rings is 1. The van der Waals surface area contributed by atoms with E-state index in [2.05, 4.69) is 10.6 Å². The largest absolute Gasteiger partial charge is 0.350 e. The quantitative estimate of drug-likeness (QED) is 0.608. The third-order valence-corrected chi connectivity index (χ3v) is 5.08. The molecule has 0 saturated heterocycles. The van der Waals surface area contributed by atoms with E-state index in [4.69, 9.17) is 0 Å². The average molecular weight is 425 g/mol. The van der Waals surface area contributed by atoms with Crippen molar-refractivity contribution in [2.75, 3.05) is 18.9 Å². The summed E-state index contributed by atoms with van der Waals surface area (Å²) in [7, 11) is 1.57. The molecule has 6 nitrogen and oxygen atoms in total. The lowest BCUT2D eigenvalue weighted by molar-refractivity contribution is -0.121. The fraction of sp³-hybridized carbons (Fsp3) is 0.136. The summed E-state index contributed by atoms with van der Waals surface area (Å²) in [5.41, 5.74) is 1.51. The highest BCUT2D eigenvalue weighted by Crippen LogP contribution is 2.14. The van der Waals surface area contributed by atoms with E-state index in [0.29, 0.717) is 10.6 Å². The van der Waals surface area contributed by atoms with E-state index in [1.165, 1.54) is 34.4 Å². The van der Waals surface area contributed by atoms with E-state index in [0.717, 1.165) is 11.6 Å². The van der Waals surface area contributed by atoms with Crippen molar-refractivity contribution in [3.8, 4) is 0 Å². The van der Waals surface area contributed by atoms with Gasteiger partial charge in [-0.25, -0.2) is 4.39 Å². The summed E-state index contributed by atoms with van der Waals surface area (Å²) in [5.74, 6) is -1.41. The van der Waals surface area contributed by atoms with Gasteiger partial charge in [0.25, 0.3) is 11.8 Å². The smallest absolute Gasteiger partial charge is 0.264 e. The Morgan fingerprint density at radius 3 is 2.57 bits per heavy atom. The Hall–Kier alpha value is -3.52. The number of carbonyl (C=O) groups is 3. The van der Waals surface area contributed by atoms with Crippen LogP contribution in [0.5, 0.6) is 0 Å². The Kier molecular flexibility index (Phi) is 6.92. The molecule has 8 heteroatoms. The van der Waals surface area contributed by atoms with Crippen LogP contribution >= 0.6 is 11.3 Å². The van der Waals surface area contributed by atoms with Crippen LogP contribution in [0.4, 0.5) is 10.1 Å². The maximum Gasteiger partial charge on any atom is 0.264 e. The molecular formula is C22H20FN3O3S. The number of hydrogen-bond donors (Lipinski definition) is 2.